The van der Waals surface area contributed by atoms with Gasteiger partial charge in [0.2, 0.25) is 11.8 Å². The maximum Gasteiger partial charge on any atom is 0.264 e. The summed E-state index contributed by atoms with van der Waals surface area (Å²) in [6, 6.07) is 29.9. The molecule has 4 aromatic carbocycles. The van der Waals surface area contributed by atoms with E-state index in [0.717, 1.165) is 15.4 Å². The van der Waals surface area contributed by atoms with Crippen molar-refractivity contribution in [2.45, 2.75) is 50.2 Å². The Balaban J connectivity index is 1.79. The number of rotatable bonds is 12. The van der Waals surface area contributed by atoms with Gasteiger partial charge >= 0.3 is 0 Å². The summed E-state index contributed by atoms with van der Waals surface area (Å²) in [5, 5.41) is 3.56. The lowest BCUT2D eigenvalue weighted by atomic mass is 10.0. The van der Waals surface area contributed by atoms with E-state index in [1.165, 1.54) is 24.1 Å². The predicted octanol–water partition coefficient (Wildman–Crippen LogP) is 6.10. The van der Waals surface area contributed by atoms with Gasteiger partial charge in [-0.3, -0.25) is 13.9 Å². The Morgan fingerprint density at radius 2 is 1.40 bits per heavy atom. The highest BCUT2D eigenvalue weighted by Crippen LogP contribution is 2.26. The van der Waals surface area contributed by atoms with Gasteiger partial charge in [-0.05, 0) is 80.4 Å². The molecule has 0 saturated carbocycles. The van der Waals surface area contributed by atoms with Crippen LogP contribution in [-0.2, 0) is 32.6 Å². The standard InChI is InChI=1S/C35H38ClN3O5S/c1-35(2,3)37-34(41)32(23-26-11-7-5-8-12-26)38(24-27-15-17-28(36)18-16-27)33(40)25-39(29-13-9-6-10-14-29)45(42,43)31-21-19-30(44-4)20-22-31/h5-22,32H,23-25H2,1-4H3,(H,37,41)/t32-/m1/s1. The molecule has 1 N–H and O–H groups in total. The molecule has 1 atom stereocenters. The average Bonchev–Trinajstić information content (AvgIpc) is 3.02. The van der Waals surface area contributed by atoms with Crippen molar-refractivity contribution in [3.8, 4) is 5.75 Å². The van der Waals surface area contributed by atoms with E-state index in [1.807, 2.05) is 51.1 Å². The quantitative estimate of drug-likeness (QED) is 0.201. The van der Waals surface area contributed by atoms with Crippen LogP contribution in [0, 0.1) is 0 Å². The Hall–Kier alpha value is -4.34. The summed E-state index contributed by atoms with van der Waals surface area (Å²) in [6.45, 7) is 5.12. The summed E-state index contributed by atoms with van der Waals surface area (Å²) in [4.78, 5) is 29.8. The second-order valence-corrected chi connectivity index (χ2v) is 13.9. The molecule has 8 nitrogen and oxygen atoms in total. The number of hydrogen-bond acceptors (Lipinski definition) is 5. The number of carbonyl (C=O) groups excluding carboxylic acids is 2. The molecule has 0 aromatic heterocycles. The van der Waals surface area contributed by atoms with E-state index in [4.69, 9.17) is 16.3 Å². The van der Waals surface area contributed by atoms with Gasteiger partial charge in [0.25, 0.3) is 10.0 Å². The predicted molar refractivity (Wildman–Crippen MR) is 178 cm³/mol. The Labute approximate surface area is 270 Å². The largest absolute Gasteiger partial charge is 0.497 e. The summed E-state index contributed by atoms with van der Waals surface area (Å²) in [7, 11) is -2.71. The topological polar surface area (TPSA) is 96.0 Å². The van der Waals surface area contributed by atoms with Crippen LogP contribution in [0.2, 0.25) is 5.02 Å². The van der Waals surface area contributed by atoms with Gasteiger partial charge in [0.15, 0.2) is 0 Å². The normalized spacial score (nSPS) is 12.2. The van der Waals surface area contributed by atoms with Gasteiger partial charge < -0.3 is 15.0 Å². The first-order valence-corrected chi connectivity index (χ1v) is 16.3. The Morgan fingerprint density at radius 3 is 1.96 bits per heavy atom. The lowest BCUT2D eigenvalue weighted by Crippen LogP contribution is -2.56. The second-order valence-electron chi connectivity index (χ2n) is 11.6. The number of para-hydroxylation sites is 1. The fraction of sp³-hybridized carbons (Fsp3) is 0.257. The van der Waals surface area contributed by atoms with Crippen LogP contribution >= 0.6 is 11.6 Å². The van der Waals surface area contributed by atoms with E-state index in [-0.39, 0.29) is 23.8 Å². The van der Waals surface area contributed by atoms with E-state index in [9.17, 15) is 18.0 Å². The molecular weight excluding hydrogens is 610 g/mol. The minimum absolute atomic E-state index is 0.00415. The maximum atomic E-state index is 14.5. The molecule has 0 saturated heterocycles. The first kappa shape index (κ1) is 33.6. The van der Waals surface area contributed by atoms with Crippen molar-refractivity contribution in [2.24, 2.45) is 0 Å². The van der Waals surface area contributed by atoms with Crippen molar-refractivity contribution in [3.63, 3.8) is 0 Å². The minimum Gasteiger partial charge on any atom is -0.497 e. The molecule has 4 rings (SSSR count). The van der Waals surface area contributed by atoms with E-state index in [2.05, 4.69) is 5.32 Å². The third-order valence-corrected chi connectivity index (χ3v) is 9.05. The molecule has 0 spiro atoms. The number of amides is 2. The van der Waals surface area contributed by atoms with E-state index in [1.54, 1.807) is 66.7 Å². The molecule has 236 valence electrons. The molecule has 4 aromatic rings. The average molecular weight is 648 g/mol. The molecule has 0 unspecified atom stereocenters. The first-order chi connectivity index (χ1) is 21.4. The van der Waals surface area contributed by atoms with Crippen LogP contribution in [0.5, 0.6) is 5.75 Å². The van der Waals surface area contributed by atoms with Crippen molar-refractivity contribution in [3.05, 3.63) is 125 Å². The van der Waals surface area contributed by atoms with Crippen molar-refractivity contribution in [1.29, 1.82) is 0 Å². The molecule has 0 heterocycles. The van der Waals surface area contributed by atoms with Gasteiger partial charge in [-0.25, -0.2) is 8.42 Å². The molecule has 2 amide bonds. The summed E-state index contributed by atoms with van der Waals surface area (Å²) < 4.78 is 34.5. The number of hydrogen-bond donors (Lipinski definition) is 1. The number of halogens is 1. The first-order valence-electron chi connectivity index (χ1n) is 14.5. The number of methoxy groups -OCH3 is 1. The lowest BCUT2D eigenvalue weighted by Gasteiger charge is -2.35. The number of benzene rings is 4. The summed E-state index contributed by atoms with van der Waals surface area (Å²) in [6.07, 6.45) is 0.221. The van der Waals surface area contributed by atoms with Crippen LogP contribution < -0.4 is 14.4 Å². The fourth-order valence-corrected chi connectivity index (χ4v) is 6.33. The molecular formula is C35H38ClN3O5S. The second kappa shape index (κ2) is 14.6. The van der Waals surface area contributed by atoms with Crippen molar-refractivity contribution in [2.75, 3.05) is 18.0 Å². The van der Waals surface area contributed by atoms with Crippen molar-refractivity contribution < 1.29 is 22.7 Å². The molecule has 0 aliphatic heterocycles. The minimum atomic E-state index is -4.21. The molecule has 0 radical (unpaired) electrons. The third-order valence-electron chi connectivity index (χ3n) is 7.01. The van der Waals surface area contributed by atoms with Crippen LogP contribution in [0.15, 0.2) is 114 Å². The summed E-state index contributed by atoms with van der Waals surface area (Å²) in [5.41, 5.74) is 1.33. The zero-order chi connectivity index (χ0) is 32.6. The van der Waals surface area contributed by atoms with Crippen molar-refractivity contribution in [1.82, 2.24) is 10.2 Å². The van der Waals surface area contributed by atoms with Gasteiger partial charge in [-0.1, -0.05) is 72.3 Å². The lowest BCUT2D eigenvalue weighted by molar-refractivity contribution is -0.140. The van der Waals surface area contributed by atoms with Crippen LogP contribution in [0.1, 0.15) is 31.9 Å². The number of nitrogens with one attached hydrogen (secondary N) is 1. The zero-order valence-corrected chi connectivity index (χ0v) is 27.4. The Morgan fingerprint density at radius 1 is 0.822 bits per heavy atom. The Kier molecular flexibility index (Phi) is 10.9. The maximum absolute atomic E-state index is 14.5. The molecule has 0 aliphatic carbocycles. The smallest absolute Gasteiger partial charge is 0.264 e. The Bertz CT molecular complexity index is 1680. The van der Waals surface area contributed by atoms with Crippen molar-refractivity contribution >= 4 is 39.1 Å². The SMILES string of the molecule is COc1ccc(S(=O)(=O)N(CC(=O)N(Cc2ccc(Cl)cc2)[C@H](Cc2ccccc2)C(=O)NC(C)(C)C)c2ccccc2)cc1. The molecule has 45 heavy (non-hydrogen) atoms. The van der Waals surface area contributed by atoms with Gasteiger partial charge in [0.1, 0.15) is 18.3 Å². The van der Waals surface area contributed by atoms with E-state index < -0.39 is 34.1 Å². The van der Waals surface area contributed by atoms with Crippen LogP contribution in [0.3, 0.4) is 0 Å². The van der Waals surface area contributed by atoms with Crippen LogP contribution in [0.4, 0.5) is 5.69 Å². The monoisotopic (exact) mass is 647 g/mol. The molecule has 0 aliphatic rings. The summed E-state index contributed by atoms with van der Waals surface area (Å²) in [5.74, 6) is -0.395. The van der Waals surface area contributed by atoms with E-state index in [0.29, 0.717) is 16.5 Å². The number of ether oxygens (including phenoxy) is 1. The fourth-order valence-electron chi connectivity index (χ4n) is 4.79. The number of nitrogens with zero attached hydrogens (tertiary/aromatic N) is 2. The number of sulfonamides is 1. The van der Waals surface area contributed by atoms with Crippen LogP contribution in [0.25, 0.3) is 0 Å². The number of carbonyl (C=O) groups is 2. The van der Waals surface area contributed by atoms with Gasteiger partial charge in [-0.15, -0.1) is 0 Å². The molecule has 0 fully saturated rings. The highest BCUT2D eigenvalue weighted by Gasteiger charge is 2.35. The highest BCUT2D eigenvalue weighted by atomic mass is 35.5. The number of anilines is 1. The van der Waals surface area contributed by atoms with Gasteiger partial charge in [-0.2, -0.15) is 0 Å². The summed E-state index contributed by atoms with van der Waals surface area (Å²) >= 11 is 6.14. The van der Waals surface area contributed by atoms with Crippen LogP contribution in [-0.4, -0.2) is 50.4 Å². The molecule has 10 heteroatoms. The molecule has 0 bridgehead atoms. The highest BCUT2D eigenvalue weighted by molar-refractivity contribution is 7.92. The van der Waals surface area contributed by atoms with E-state index >= 15 is 0 Å². The third kappa shape index (κ3) is 9.09. The van der Waals surface area contributed by atoms with Gasteiger partial charge in [0, 0.05) is 23.5 Å². The van der Waals surface area contributed by atoms with Gasteiger partial charge in [0.05, 0.1) is 17.7 Å². The zero-order valence-electron chi connectivity index (χ0n) is 25.8.